The van der Waals surface area contributed by atoms with Crippen molar-refractivity contribution in [1.82, 2.24) is 14.9 Å². The molecule has 3 N–H and O–H groups in total. The van der Waals surface area contributed by atoms with Crippen molar-refractivity contribution in [1.29, 1.82) is 0 Å². The number of hydrogen-bond donors (Lipinski definition) is 2. The van der Waals surface area contributed by atoms with Gasteiger partial charge in [0.1, 0.15) is 0 Å². The SMILES string of the molecule is Nc1ccc(C(=O)N2CCCC(Nc3ncc(SCc4ccncc4)s3)C2)cc1. The molecule has 6 nitrogen and oxygen atoms in total. The van der Waals surface area contributed by atoms with Crippen molar-refractivity contribution < 1.29 is 4.79 Å². The fourth-order valence-electron chi connectivity index (χ4n) is 3.29. The van der Waals surface area contributed by atoms with Crippen LogP contribution >= 0.6 is 23.1 Å². The van der Waals surface area contributed by atoms with Gasteiger partial charge in [-0.2, -0.15) is 0 Å². The van der Waals surface area contributed by atoms with Gasteiger partial charge < -0.3 is 16.0 Å². The zero-order valence-electron chi connectivity index (χ0n) is 16.0. The van der Waals surface area contributed by atoms with Gasteiger partial charge in [-0.1, -0.05) is 11.3 Å². The number of likely N-dealkylation sites (tertiary alicyclic amines) is 1. The molecular formula is C21H23N5OS2. The zero-order chi connectivity index (χ0) is 20.1. The molecule has 2 aromatic heterocycles. The Kier molecular flexibility index (Phi) is 6.31. The average Bonchev–Trinajstić information content (AvgIpc) is 3.20. The molecule has 1 aliphatic rings. The van der Waals surface area contributed by atoms with Crippen LogP contribution in [-0.4, -0.2) is 39.9 Å². The topological polar surface area (TPSA) is 84.1 Å². The number of nitrogens with two attached hydrogens (primary N) is 1. The molecule has 0 aliphatic carbocycles. The van der Waals surface area contributed by atoms with Crippen molar-refractivity contribution in [3.8, 4) is 0 Å². The van der Waals surface area contributed by atoms with Crippen LogP contribution in [0, 0.1) is 0 Å². The molecule has 0 saturated carbocycles. The fraction of sp³-hybridized carbons (Fsp3) is 0.286. The number of hydrogen-bond acceptors (Lipinski definition) is 7. The minimum atomic E-state index is 0.0595. The van der Waals surface area contributed by atoms with Gasteiger partial charge in [0.2, 0.25) is 0 Å². The van der Waals surface area contributed by atoms with Gasteiger partial charge in [0.25, 0.3) is 5.91 Å². The summed E-state index contributed by atoms with van der Waals surface area (Å²) >= 11 is 3.43. The van der Waals surface area contributed by atoms with Gasteiger partial charge in [0, 0.05) is 48.5 Å². The molecule has 4 rings (SSSR count). The highest BCUT2D eigenvalue weighted by molar-refractivity contribution is 8.00. The van der Waals surface area contributed by atoms with E-state index in [4.69, 9.17) is 5.73 Å². The minimum Gasteiger partial charge on any atom is -0.399 e. The number of nitrogens with zero attached hydrogens (tertiary/aromatic N) is 3. The van der Waals surface area contributed by atoms with E-state index < -0.39 is 0 Å². The summed E-state index contributed by atoms with van der Waals surface area (Å²) in [6.45, 7) is 1.47. The number of thiazole rings is 1. The van der Waals surface area contributed by atoms with Gasteiger partial charge in [0.15, 0.2) is 5.13 Å². The lowest BCUT2D eigenvalue weighted by molar-refractivity contribution is 0.0715. The van der Waals surface area contributed by atoms with E-state index in [2.05, 4.69) is 15.3 Å². The van der Waals surface area contributed by atoms with E-state index >= 15 is 0 Å². The molecule has 1 amide bonds. The van der Waals surface area contributed by atoms with E-state index in [-0.39, 0.29) is 11.9 Å². The third-order valence-corrected chi connectivity index (χ3v) is 7.00. The summed E-state index contributed by atoms with van der Waals surface area (Å²) in [7, 11) is 0. The predicted octanol–water partition coefficient (Wildman–Crippen LogP) is 4.13. The molecule has 3 aromatic rings. The Balaban J connectivity index is 1.32. The van der Waals surface area contributed by atoms with E-state index in [1.807, 2.05) is 35.6 Å². The van der Waals surface area contributed by atoms with Crippen LogP contribution in [0.4, 0.5) is 10.8 Å². The van der Waals surface area contributed by atoms with Crippen LogP contribution in [0.1, 0.15) is 28.8 Å². The first-order valence-electron chi connectivity index (χ1n) is 9.56. The third-order valence-electron chi connectivity index (χ3n) is 4.81. The highest BCUT2D eigenvalue weighted by atomic mass is 32.2. The highest BCUT2D eigenvalue weighted by Gasteiger charge is 2.25. The number of pyridine rings is 1. The van der Waals surface area contributed by atoms with Crippen molar-refractivity contribution in [2.45, 2.75) is 28.8 Å². The molecule has 29 heavy (non-hydrogen) atoms. The Morgan fingerprint density at radius 1 is 1.24 bits per heavy atom. The summed E-state index contributed by atoms with van der Waals surface area (Å²) < 4.78 is 1.18. The molecule has 1 fully saturated rings. The van der Waals surface area contributed by atoms with Crippen LogP contribution < -0.4 is 11.1 Å². The Morgan fingerprint density at radius 2 is 2.03 bits per heavy atom. The van der Waals surface area contributed by atoms with E-state index in [9.17, 15) is 4.79 Å². The molecule has 1 aromatic carbocycles. The summed E-state index contributed by atoms with van der Waals surface area (Å²) in [5.41, 5.74) is 8.32. The second-order valence-corrected chi connectivity index (χ2v) is 9.29. The molecule has 8 heteroatoms. The largest absolute Gasteiger partial charge is 0.399 e. The molecular weight excluding hydrogens is 402 g/mol. The van der Waals surface area contributed by atoms with Gasteiger partial charge in [0.05, 0.1) is 10.4 Å². The lowest BCUT2D eigenvalue weighted by Gasteiger charge is -2.33. The molecule has 3 heterocycles. The standard InChI is InChI=1S/C21H23N5OS2/c22-17-5-3-16(4-6-17)20(27)26-11-1-2-18(13-26)25-21-24-12-19(29-21)28-14-15-7-9-23-10-8-15/h3-10,12,18H,1-2,11,13-14,22H2,(H,24,25). The normalized spacial score (nSPS) is 16.6. The molecule has 1 unspecified atom stereocenters. The number of carbonyl (C=O) groups excluding carboxylic acids is 1. The molecule has 0 spiro atoms. The predicted molar refractivity (Wildman–Crippen MR) is 119 cm³/mol. The molecule has 0 bridgehead atoms. The number of nitrogens with one attached hydrogen (secondary N) is 1. The molecule has 0 radical (unpaired) electrons. The van der Waals surface area contributed by atoms with E-state index in [0.29, 0.717) is 17.8 Å². The summed E-state index contributed by atoms with van der Waals surface area (Å²) in [6.07, 6.45) is 7.56. The first-order chi connectivity index (χ1) is 14.2. The van der Waals surface area contributed by atoms with Gasteiger partial charge >= 0.3 is 0 Å². The van der Waals surface area contributed by atoms with Gasteiger partial charge in [-0.15, -0.1) is 11.8 Å². The number of carbonyl (C=O) groups is 1. The second kappa shape index (κ2) is 9.28. The van der Waals surface area contributed by atoms with Crippen molar-refractivity contribution >= 4 is 39.8 Å². The smallest absolute Gasteiger partial charge is 0.253 e. The average molecular weight is 426 g/mol. The number of piperidine rings is 1. The maximum atomic E-state index is 12.8. The summed E-state index contributed by atoms with van der Waals surface area (Å²) in [4.78, 5) is 23.3. The minimum absolute atomic E-state index is 0.0595. The quantitative estimate of drug-likeness (QED) is 0.456. The molecule has 1 aliphatic heterocycles. The Labute approximate surface area is 178 Å². The summed E-state index contributed by atoms with van der Waals surface area (Å²) in [6, 6.07) is 11.4. The van der Waals surface area contributed by atoms with Crippen LogP contribution in [-0.2, 0) is 5.75 Å². The Morgan fingerprint density at radius 3 is 2.83 bits per heavy atom. The van der Waals surface area contributed by atoms with E-state index in [0.717, 1.165) is 30.3 Å². The number of amides is 1. The lowest BCUT2D eigenvalue weighted by atomic mass is 10.0. The number of nitrogen functional groups attached to an aromatic ring is 1. The maximum absolute atomic E-state index is 12.8. The second-order valence-electron chi connectivity index (χ2n) is 6.99. The number of aromatic nitrogens is 2. The number of rotatable bonds is 6. The van der Waals surface area contributed by atoms with Crippen LogP contribution in [0.25, 0.3) is 0 Å². The summed E-state index contributed by atoms with van der Waals surface area (Å²) in [5, 5.41) is 4.43. The van der Waals surface area contributed by atoms with Crippen LogP contribution in [0.3, 0.4) is 0 Å². The van der Waals surface area contributed by atoms with Crippen molar-refractivity contribution in [3.63, 3.8) is 0 Å². The fourth-order valence-corrected chi connectivity index (χ4v) is 5.19. The van der Waals surface area contributed by atoms with Crippen LogP contribution in [0.5, 0.6) is 0 Å². The van der Waals surface area contributed by atoms with Gasteiger partial charge in [-0.3, -0.25) is 9.78 Å². The third kappa shape index (κ3) is 5.27. The Bertz CT molecular complexity index is 945. The first-order valence-corrected chi connectivity index (χ1v) is 11.4. The monoisotopic (exact) mass is 425 g/mol. The highest BCUT2D eigenvalue weighted by Crippen LogP contribution is 2.31. The maximum Gasteiger partial charge on any atom is 0.253 e. The lowest BCUT2D eigenvalue weighted by Crippen LogP contribution is -2.45. The first kappa shape index (κ1) is 19.7. The molecule has 150 valence electrons. The van der Waals surface area contributed by atoms with E-state index in [1.54, 1.807) is 47.4 Å². The molecule has 1 saturated heterocycles. The number of thioether (sulfide) groups is 1. The molecule has 1 atom stereocenters. The zero-order valence-corrected chi connectivity index (χ0v) is 17.6. The van der Waals surface area contributed by atoms with Gasteiger partial charge in [-0.25, -0.2) is 4.98 Å². The van der Waals surface area contributed by atoms with Crippen LogP contribution in [0.2, 0.25) is 0 Å². The van der Waals surface area contributed by atoms with Crippen molar-refractivity contribution in [2.75, 3.05) is 24.1 Å². The number of benzene rings is 1. The Hall–Kier alpha value is -2.58. The van der Waals surface area contributed by atoms with Gasteiger partial charge in [-0.05, 0) is 54.8 Å². The summed E-state index contributed by atoms with van der Waals surface area (Å²) in [5.74, 6) is 0.960. The van der Waals surface area contributed by atoms with Crippen LogP contribution in [0.15, 0.2) is 59.2 Å². The van der Waals surface area contributed by atoms with Crippen molar-refractivity contribution in [3.05, 3.63) is 66.1 Å². The van der Waals surface area contributed by atoms with E-state index in [1.165, 1.54) is 9.77 Å². The van der Waals surface area contributed by atoms with Crippen molar-refractivity contribution in [2.24, 2.45) is 0 Å². The number of anilines is 2.